The van der Waals surface area contributed by atoms with E-state index in [2.05, 4.69) is 0 Å². The van der Waals surface area contributed by atoms with Gasteiger partial charge in [0.05, 0.1) is 13.0 Å². The third-order valence-corrected chi connectivity index (χ3v) is 4.19. The maximum Gasteiger partial charge on any atom is 0.307 e. The molecule has 0 aromatic heterocycles. The molecule has 1 fully saturated rings. The number of hydrogen-bond donors (Lipinski definition) is 0. The van der Waals surface area contributed by atoms with Gasteiger partial charge in [0, 0.05) is 18.2 Å². The zero-order valence-corrected chi connectivity index (χ0v) is 13.5. The number of ether oxygens (including phenoxy) is 1. The van der Waals surface area contributed by atoms with Crippen LogP contribution in [0.25, 0.3) is 0 Å². The Morgan fingerprint density at radius 2 is 1.82 bits per heavy atom. The highest BCUT2D eigenvalue weighted by Gasteiger charge is 2.27. The molecule has 1 saturated carbocycles. The fraction of sp³-hybridized carbons (Fsp3) is 0.556. The fourth-order valence-electron chi connectivity index (χ4n) is 2.97. The van der Waals surface area contributed by atoms with Crippen LogP contribution in [0.4, 0.5) is 0 Å². The van der Waals surface area contributed by atoms with Crippen molar-refractivity contribution < 1.29 is 14.3 Å². The summed E-state index contributed by atoms with van der Waals surface area (Å²) in [6, 6.07) is 7.88. The molecule has 1 aliphatic rings. The highest BCUT2D eigenvalue weighted by molar-refractivity contribution is 5.94. The second kappa shape index (κ2) is 7.97. The Labute approximate surface area is 132 Å². The highest BCUT2D eigenvalue weighted by atomic mass is 16.5. The number of carbonyl (C=O) groups excluding carboxylic acids is 2. The van der Waals surface area contributed by atoms with Crippen LogP contribution in [-0.2, 0) is 9.53 Å². The van der Waals surface area contributed by atoms with E-state index < -0.39 is 0 Å². The average molecular weight is 303 g/mol. The summed E-state index contributed by atoms with van der Waals surface area (Å²) in [6.07, 6.45) is 4.63. The van der Waals surface area contributed by atoms with Crippen molar-refractivity contribution in [2.75, 3.05) is 13.2 Å². The van der Waals surface area contributed by atoms with Crippen LogP contribution in [0.1, 0.15) is 54.9 Å². The monoisotopic (exact) mass is 303 g/mol. The Balaban J connectivity index is 2.07. The van der Waals surface area contributed by atoms with Crippen molar-refractivity contribution in [3.63, 3.8) is 0 Å². The summed E-state index contributed by atoms with van der Waals surface area (Å²) in [5.74, 6) is -0.210. The zero-order valence-electron chi connectivity index (χ0n) is 13.5. The van der Waals surface area contributed by atoms with Crippen LogP contribution in [0.15, 0.2) is 24.3 Å². The molecule has 0 aliphatic heterocycles. The van der Waals surface area contributed by atoms with Crippen molar-refractivity contribution in [2.45, 2.75) is 52.0 Å². The molecular weight excluding hydrogens is 278 g/mol. The lowest BCUT2D eigenvalue weighted by atomic mass is 10.1. The minimum Gasteiger partial charge on any atom is -0.466 e. The maximum absolute atomic E-state index is 12.8. The number of nitrogens with zero attached hydrogens (tertiary/aromatic N) is 1. The van der Waals surface area contributed by atoms with E-state index in [1.807, 2.05) is 36.1 Å². The summed E-state index contributed by atoms with van der Waals surface area (Å²) in [6.45, 7) is 4.62. The first-order valence-corrected chi connectivity index (χ1v) is 8.15. The third-order valence-electron chi connectivity index (χ3n) is 4.19. The predicted molar refractivity (Wildman–Crippen MR) is 85.7 cm³/mol. The first kappa shape index (κ1) is 16.5. The molecule has 1 amide bonds. The van der Waals surface area contributed by atoms with Gasteiger partial charge < -0.3 is 9.64 Å². The lowest BCUT2D eigenvalue weighted by Crippen LogP contribution is -2.40. The van der Waals surface area contributed by atoms with E-state index in [4.69, 9.17) is 4.74 Å². The molecule has 0 spiro atoms. The molecule has 0 unspecified atom stereocenters. The van der Waals surface area contributed by atoms with Crippen molar-refractivity contribution in [1.29, 1.82) is 0 Å². The standard InChI is InChI=1S/C18H25NO3/c1-3-22-17(20)12-13-19(16-6-4-5-7-16)18(21)15-10-8-14(2)9-11-15/h8-11,16H,3-7,12-13H2,1-2H3. The van der Waals surface area contributed by atoms with Crippen molar-refractivity contribution in [2.24, 2.45) is 0 Å². The third kappa shape index (κ3) is 4.33. The van der Waals surface area contributed by atoms with E-state index in [1.54, 1.807) is 6.92 Å². The SMILES string of the molecule is CCOC(=O)CCN(C(=O)c1ccc(C)cc1)C1CCCC1. The highest BCUT2D eigenvalue weighted by Crippen LogP contribution is 2.25. The summed E-state index contributed by atoms with van der Waals surface area (Å²) in [4.78, 5) is 26.3. The molecule has 0 bridgehead atoms. The van der Waals surface area contributed by atoms with Gasteiger partial charge in [-0.15, -0.1) is 0 Å². The average Bonchev–Trinajstić information content (AvgIpc) is 3.02. The second-order valence-electron chi connectivity index (χ2n) is 5.86. The van der Waals surface area contributed by atoms with Crippen molar-refractivity contribution in [3.05, 3.63) is 35.4 Å². The number of rotatable bonds is 6. The van der Waals surface area contributed by atoms with E-state index in [1.165, 1.54) is 0 Å². The Hall–Kier alpha value is -1.84. The molecule has 22 heavy (non-hydrogen) atoms. The number of esters is 1. The Morgan fingerprint density at radius 3 is 2.41 bits per heavy atom. The molecule has 1 aromatic rings. The van der Waals surface area contributed by atoms with Crippen LogP contribution in [0.5, 0.6) is 0 Å². The van der Waals surface area contributed by atoms with Gasteiger partial charge in [-0.05, 0) is 38.8 Å². The lowest BCUT2D eigenvalue weighted by molar-refractivity contribution is -0.143. The van der Waals surface area contributed by atoms with Gasteiger partial charge in [-0.3, -0.25) is 9.59 Å². The molecule has 0 atom stereocenters. The molecule has 0 saturated heterocycles. The van der Waals surface area contributed by atoms with E-state index in [-0.39, 0.29) is 24.3 Å². The zero-order chi connectivity index (χ0) is 15.9. The fourth-order valence-corrected chi connectivity index (χ4v) is 2.97. The largest absolute Gasteiger partial charge is 0.466 e. The van der Waals surface area contributed by atoms with Gasteiger partial charge in [-0.25, -0.2) is 0 Å². The van der Waals surface area contributed by atoms with E-state index in [9.17, 15) is 9.59 Å². The Morgan fingerprint density at radius 1 is 1.18 bits per heavy atom. The topological polar surface area (TPSA) is 46.6 Å². The molecule has 0 N–H and O–H groups in total. The van der Waals surface area contributed by atoms with Crippen LogP contribution in [0.2, 0.25) is 0 Å². The second-order valence-corrected chi connectivity index (χ2v) is 5.86. The van der Waals surface area contributed by atoms with Gasteiger partial charge in [0.25, 0.3) is 5.91 Å². The summed E-state index contributed by atoms with van der Waals surface area (Å²) in [5, 5.41) is 0. The molecule has 1 aromatic carbocycles. The molecule has 1 aliphatic carbocycles. The molecule has 4 nitrogen and oxygen atoms in total. The van der Waals surface area contributed by atoms with Crippen LogP contribution in [0.3, 0.4) is 0 Å². The van der Waals surface area contributed by atoms with Gasteiger partial charge in [0.2, 0.25) is 0 Å². The first-order valence-electron chi connectivity index (χ1n) is 8.15. The van der Waals surface area contributed by atoms with Gasteiger partial charge in [0.15, 0.2) is 0 Å². The number of hydrogen-bond acceptors (Lipinski definition) is 3. The summed E-state index contributed by atoms with van der Waals surface area (Å²) < 4.78 is 4.98. The maximum atomic E-state index is 12.8. The number of carbonyl (C=O) groups is 2. The Bertz CT molecular complexity index is 504. The summed E-state index contributed by atoms with van der Waals surface area (Å²) in [5.41, 5.74) is 1.83. The van der Waals surface area contributed by atoms with Gasteiger partial charge in [-0.2, -0.15) is 0 Å². The molecule has 120 valence electrons. The minimum atomic E-state index is -0.234. The minimum absolute atomic E-state index is 0.0243. The van der Waals surface area contributed by atoms with Crippen LogP contribution in [-0.4, -0.2) is 36.0 Å². The summed E-state index contributed by atoms with van der Waals surface area (Å²) >= 11 is 0. The van der Waals surface area contributed by atoms with Crippen molar-refractivity contribution >= 4 is 11.9 Å². The van der Waals surface area contributed by atoms with Gasteiger partial charge in [-0.1, -0.05) is 30.5 Å². The van der Waals surface area contributed by atoms with E-state index in [0.29, 0.717) is 18.7 Å². The molecule has 0 heterocycles. The molecule has 0 radical (unpaired) electrons. The first-order chi connectivity index (χ1) is 10.6. The molecular formula is C18H25NO3. The number of aryl methyl sites for hydroxylation is 1. The number of amides is 1. The predicted octanol–water partition coefficient (Wildman–Crippen LogP) is 3.33. The number of benzene rings is 1. The van der Waals surface area contributed by atoms with E-state index in [0.717, 1.165) is 31.2 Å². The quantitative estimate of drug-likeness (QED) is 0.757. The van der Waals surface area contributed by atoms with E-state index >= 15 is 0 Å². The summed E-state index contributed by atoms with van der Waals surface area (Å²) in [7, 11) is 0. The van der Waals surface area contributed by atoms with Crippen LogP contribution >= 0.6 is 0 Å². The van der Waals surface area contributed by atoms with Gasteiger partial charge >= 0.3 is 5.97 Å². The smallest absolute Gasteiger partial charge is 0.307 e. The van der Waals surface area contributed by atoms with Crippen LogP contribution in [0, 0.1) is 6.92 Å². The van der Waals surface area contributed by atoms with Crippen molar-refractivity contribution in [1.82, 2.24) is 4.90 Å². The van der Waals surface area contributed by atoms with Gasteiger partial charge in [0.1, 0.15) is 0 Å². The molecule has 2 rings (SSSR count). The van der Waals surface area contributed by atoms with Crippen molar-refractivity contribution in [3.8, 4) is 0 Å². The Kier molecular flexibility index (Phi) is 5.99. The lowest BCUT2D eigenvalue weighted by Gasteiger charge is -2.29. The molecule has 4 heteroatoms. The normalized spacial score (nSPS) is 14.8. The van der Waals surface area contributed by atoms with Crippen LogP contribution < -0.4 is 0 Å².